The van der Waals surface area contributed by atoms with Gasteiger partial charge in [-0.05, 0) is 24.6 Å². The Labute approximate surface area is 115 Å². The SMILES string of the molecule is Cc1ccc2nc(NCCc3ncn(C)n3)sc2c1. The summed E-state index contributed by atoms with van der Waals surface area (Å²) in [4.78, 5) is 8.75. The third-order valence-corrected chi connectivity index (χ3v) is 3.79. The molecule has 2 heterocycles. The first-order chi connectivity index (χ1) is 9.20. The van der Waals surface area contributed by atoms with Gasteiger partial charge in [-0.2, -0.15) is 5.10 Å². The molecule has 1 aromatic carbocycles. The van der Waals surface area contributed by atoms with Gasteiger partial charge in [-0.3, -0.25) is 4.68 Å². The van der Waals surface area contributed by atoms with Gasteiger partial charge in [-0.1, -0.05) is 17.4 Å². The fourth-order valence-electron chi connectivity index (χ4n) is 1.89. The maximum absolute atomic E-state index is 4.55. The second-order valence-electron chi connectivity index (χ2n) is 4.50. The van der Waals surface area contributed by atoms with Crippen LogP contribution in [0.3, 0.4) is 0 Å². The lowest BCUT2D eigenvalue weighted by Gasteiger charge is -1.98. The third-order valence-electron chi connectivity index (χ3n) is 2.82. The number of hydrogen-bond acceptors (Lipinski definition) is 5. The number of hydrogen-bond donors (Lipinski definition) is 1. The molecule has 98 valence electrons. The van der Waals surface area contributed by atoms with E-state index in [2.05, 4.69) is 45.5 Å². The van der Waals surface area contributed by atoms with Crippen LogP contribution >= 0.6 is 11.3 Å². The number of thiazole rings is 1. The molecule has 1 N–H and O–H groups in total. The average molecular weight is 273 g/mol. The van der Waals surface area contributed by atoms with E-state index in [9.17, 15) is 0 Å². The van der Waals surface area contributed by atoms with Crippen LogP contribution in [0.1, 0.15) is 11.4 Å². The van der Waals surface area contributed by atoms with Crippen LogP contribution in [0.5, 0.6) is 0 Å². The molecule has 0 spiro atoms. The number of rotatable bonds is 4. The first-order valence-electron chi connectivity index (χ1n) is 6.16. The minimum atomic E-state index is 0.794. The molecule has 2 aromatic heterocycles. The van der Waals surface area contributed by atoms with Crippen LogP contribution < -0.4 is 5.32 Å². The van der Waals surface area contributed by atoms with Gasteiger partial charge in [-0.25, -0.2) is 9.97 Å². The molecular formula is C13H15N5S. The van der Waals surface area contributed by atoms with Gasteiger partial charge in [0.15, 0.2) is 11.0 Å². The molecule has 0 radical (unpaired) electrons. The number of nitrogens with one attached hydrogen (secondary N) is 1. The Balaban J connectivity index is 1.65. The number of aromatic nitrogens is 4. The smallest absolute Gasteiger partial charge is 0.183 e. The summed E-state index contributed by atoms with van der Waals surface area (Å²) in [6.45, 7) is 2.89. The molecule has 3 rings (SSSR count). The average Bonchev–Trinajstić information content (AvgIpc) is 2.95. The summed E-state index contributed by atoms with van der Waals surface area (Å²) in [5, 5.41) is 8.53. The van der Waals surface area contributed by atoms with Gasteiger partial charge < -0.3 is 5.32 Å². The minimum Gasteiger partial charge on any atom is -0.361 e. The number of benzene rings is 1. The van der Waals surface area contributed by atoms with Gasteiger partial charge in [0.25, 0.3) is 0 Å². The highest BCUT2D eigenvalue weighted by Crippen LogP contribution is 2.26. The predicted molar refractivity (Wildman–Crippen MR) is 77.6 cm³/mol. The molecule has 0 aliphatic carbocycles. The van der Waals surface area contributed by atoms with Crippen molar-refractivity contribution in [3.63, 3.8) is 0 Å². The van der Waals surface area contributed by atoms with E-state index in [0.29, 0.717) is 0 Å². The van der Waals surface area contributed by atoms with Crippen LogP contribution in [0.2, 0.25) is 0 Å². The largest absolute Gasteiger partial charge is 0.361 e. The normalized spacial score (nSPS) is 11.1. The van der Waals surface area contributed by atoms with Crippen LogP contribution in [0.25, 0.3) is 10.2 Å². The van der Waals surface area contributed by atoms with Crippen molar-refractivity contribution in [1.29, 1.82) is 0 Å². The van der Waals surface area contributed by atoms with Crippen molar-refractivity contribution in [2.24, 2.45) is 7.05 Å². The van der Waals surface area contributed by atoms with Gasteiger partial charge in [0.05, 0.1) is 10.2 Å². The van der Waals surface area contributed by atoms with Crippen LogP contribution in [0, 0.1) is 6.92 Å². The maximum atomic E-state index is 4.55. The Morgan fingerprint density at radius 3 is 3.05 bits per heavy atom. The standard InChI is InChI=1S/C13H15N5S/c1-9-3-4-10-11(7-9)19-13(16-10)14-6-5-12-15-8-18(2)17-12/h3-4,7-8H,5-6H2,1-2H3,(H,14,16). The van der Waals surface area contributed by atoms with Crippen LogP contribution in [0.15, 0.2) is 24.5 Å². The van der Waals surface area contributed by atoms with Gasteiger partial charge in [-0.15, -0.1) is 0 Å². The molecule has 5 nitrogen and oxygen atoms in total. The Hall–Kier alpha value is -1.95. The molecule has 0 fully saturated rings. The number of aryl methyl sites for hydroxylation is 2. The van der Waals surface area contributed by atoms with Gasteiger partial charge in [0.1, 0.15) is 6.33 Å². The summed E-state index contributed by atoms with van der Waals surface area (Å²) in [5.41, 5.74) is 2.31. The molecule has 0 saturated carbocycles. The lowest BCUT2D eigenvalue weighted by molar-refractivity contribution is 0.742. The Bertz CT molecular complexity index is 700. The Kier molecular flexibility index (Phi) is 3.16. The molecule has 0 bridgehead atoms. The predicted octanol–water partition coefficient (Wildman–Crippen LogP) is 2.39. The maximum Gasteiger partial charge on any atom is 0.183 e. The van der Waals surface area contributed by atoms with Crippen molar-refractivity contribution in [2.45, 2.75) is 13.3 Å². The van der Waals surface area contributed by atoms with E-state index in [1.165, 1.54) is 10.3 Å². The van der Waals surface area contributed by atoms with E-state index in [4.69, 9.17) is 0 Å². The van der Waals surface area contributed by atoms with Crippen molar-refractivity contribution in [1.82, 2.24) is 19.7 Å². The molecular weight excluding hydrogens is 258 g/mol. The van der Waals surface area contributed by atoms with Crippen LogP contribution in [-0.2, 0) is 13.5 Å². The molecule has 19 heavy (non-hydrogen) atoms. The lowest BCUT2D eigenvalue weighted by Crippen LogP contribution is -2.06. The second-order valence-corrected chi connectivity index (χ2v) is 5.53. The molecule has 0 aliphatic heterocycles. The number of anilines is 1. The zero-order chi connectivity index (χ0) is 13.2. The first-order valence-corrected chi connectivity index (χ1v) is 6.98. The molecule has 0 atom stereocenters. The van der Waals surface area contributed by atoms with E-state index in [1.54, 1.807) is 22.3 Å². The second kappa shape index (κ2) is 4.97. The van der Waals surface area contributed by atoms with E-state index in [-0.39, 0.29) is 0 Å². The van der Waals surface area contributed by atoms with E-state index < -0.39 is 0 Å². The van der Waals surface area contributed by atoms with Crippen molar-refractivity contribution in [3.8, 4) is 0 Å². The van der Waals surface area contributed by atoms with E-state index in [0.717, 1.165) is 29.4 Å². The summed E-state index contributed by atoms with van der Waals surface area (Å²) in [5.74, 6) is 0.854. The van der Waals surface area contributed by atoms with Crippen molar-refractivity contribution < 1.29 is 0 Å². The molecule has 0 amide bonds. The summed E-state index contributed by atoms with van der Waals surface area (Å²) in [7, 11) is 1.87. The van der Waals surface area contributed by atoms with Crippen molar-refractivity contribution in [2.75, 3.05) is 11.9 Å². The fourth-order valence-corrected chi connectivity index (χ4v) is 2.88. The van der Waals surface area contributed by atoms with Gasteiger partial charge >= 0.3 is 0 Å². The summed E-state index contributed by atoms with van der Waals surface area (Å²) in [6, 6.07) is 6.31. The van der Waals surface area contributed by atoms with Crippen molar-refractivity contribution >= 4 is 26.7 Å². The van der Waals surface area contributed by atoms with E-state index >= 15 is 0 Å². The third kappa shape index (κ3) is 2.73. The Morgan fingerprint density at radius 2 is 2.26 bits per heavy atom. The molecule has 3 aromatic rings. The number of nitrogens with zero attached hydrogens (tertiary/aromatic N) is 4. The van der Waals surface area contributed by atoms with Crippen molar-refractivity contribution in [3.05, 3.63) is 35.9 Å². The molecule has 0 unspecified atom stereocenters. The quantitative estimate of drug-likeness (QED) is 0.793. The highest BCUT2D eigenvalue weighted by molar-refractivity contribution is 7.22. The monoisotopic (exact) mass is 273 g/mol. The van der Waals surface area contributed by atoms with Crippen LogP contribution in [-0.4, -0.2) is 26.3 Å². The zero-order valence-electron chi connectivity index (χ0n) is 10.9. The summed E-state index contributed by atoms with van der Waals surface area (Å²) in [6.07, 6.45) is 2.52. The van der Waals surface area contributed by atoms with Gasteiger partial charge in [0, 0.05) is 20.0 Å². The topological polar surface area (TPSA) is 55.6 Å². The first kappa shape index (κ1) is 12.1. The van der Waals surface area contributed by atoms with Gasteiger partial charge in [0.2, 0.25) is 0 Å². The minimum absolute atomic E-state index is 0.794. The van der Waals surface area contributed by atoms with Crippen LogP contribution in [0.4, 0.5) is 5.13 Å². The molecule has 0 aliphatic rings. The Morgan fingerprint density at radius 1 is 1.37 bits per heavy atom. The highest BCUT2D eigenvalue weighted by Gasteiger charge is 2.04. The zero-order valence-corrected chi connectivity index (χ0v) is 11.7. The number of fused-ring (bicyclic) bond motifs is 1. The summed E-state index contributed by atoms with van der Waals surface area (Å²) < 4.78 is 2.94. The fraction of sp³-hybridized carbons (Fsp3) is 0.308. The van der Waals surface area contributed by atoms with E-state index in [1.807, 2.05) is 7.05 Å². The summed E-state index contributed by atoms with van der Waals surface area (Å²) >= 11 is 1.68. The lowest BCUT2D eigenvalue weighted by atomic mass is 10.2. The molecule has 0 saturated heterocycles. The molecule has 6 heteroatoms. The highest BCUT2D eigenvalue weighted by atomic mass is 32.1.